The van der Waals surface area contributed by atoms with Crippen molar-refractivity contribution < 1.29 is 18.3 Å². The molecule has 3 aromatic carbocycles. The molecule has 2 N–H and O–H groups in total. The maximum Gasteiger partial charge on any atom is 0.362 e. The van der Waals surface area contributed by atoms with Gasteiger partial charge in [0.05, 0.1) is 35.2 Å². The van der Waals surface area contributed by atoms with E-state index in [4.69, 9.17) is 0 Å². The van der Waals surface area contributed by atoms with Crippen molar-refractivity contribution in [1.82, 2.24) is 15.0 Å². The third-order valence-corrected chi connectivity index (χ3v) is 6.40. The summed E-state index contributed by atoms with van der Waals surface area (Å²) in [5.74, 6) is -2.22. The first kappa shape index (κ1) is 24.1. The fraction of sp³-hybridized carbons (Fsp3) is 0.0769. The van der Waals surface area contributed by atoms with Gasteiger partial charge < -0.3 is 19.9 Å². The molecular formula is C26H19F2N5O3S. The molecule has 5 rings (SSSR count). The van der Waals surface area contributed by atoms with E-state index in [9.17, 15) is 18.4 Å². The van der Waals surface area contributed by atoms with E-state index >= 15 is 0 Å². The summed E-state index contributed by atoms with van der Waals surface area (Å²) in [6.07, 6.45) is 0. The summed E-state index contributed by atoms with van der Waals surface area (Å²) in [7, 11) is 3.03. The van der Waals surface area contributed by atoms with E-state index in [1.807, 2.05) is 42.3 Å². The molecule has 2 heterocycles. The van der Waals surface area contributed by atoms with Crippen LogP contribution in [0.15, 0.2) is 70.8 Å². The van der Waals surface area contributed by atoms with E-state index in [0.29, 0.717) is 33.2 Å². The first-order valence-corrected chi connectivity index (χ1v) is 11.8. The minimum atomic E-state index is -0.841. The van der Waals surface area contributed by atoms with Gasteiger partial charge in [-0.15, -0.1) is 11.3 Å². The summed E-state index contributed by atoms with van der Waals surface area (Å²) < 4.78 is 32.3. The van der Waals surface area contributed by atoms with Crippen molar-refractivity contribution in [1.29, 1.82) is 0 Å². The van der Waals surface area contributed by atoms with E-state index in [1.165, 1.54) is 30.6 Å². The third-order valence-electron chi connectivity index (χ3n) is 5.65. The Morgan fingerprint density at radius 2 is 1.86 bits per heavy atom. The molecule has 0 aliphatic carbocycles. The van der Waals surface area contributed by atoms with Crippen LogP contribution in [0.2, 0.25) is 0 Å². The van der Waals surface area contributed by atoms with E-state index in [2.05, 4.69) is 25.0 Å². The average molecular weight is 520 g/mol. The molecular weight excluding hydrogens is 500 g/mol. The number of fused-ring (bicyclic) bond motifs is 1. The molecule has 2 aromatic heterocycles. The van der Waals surface area contributed by atoms with Crippen LogP contribution in [0, 0.1) is 11.6 Å². The van der Waals surface area contributed by atoms with Crippen LogP contribution >= 0.6 is 11.3 Å². The second-order valence-corrected chi connectivity index (χ2v) is 8.83. The van der Waals surface area contributed by atoms with Gasteiger partial charge in [0.2, 0.25) is 5.69 Å². The third kappa shape index (κ3) is 4.76. The largest absolute Gasteiger partial charge is 0.464 e. The van der Waals surface area contributed by atoms with Crippen LogP contribution in [0.5, 0.6) is 0 Å². The number of thiazole rings is 1. The topological polar surface area (TPSA) is 100 Å². The Morgan fingerprint density at radius 1 is 1.08 bits per heavy atom. The van der Waals surface area contributed by atoms with Crippen LogP contribution in [0.4, 0.5) is 31.0 Å². The lowest BCUT2D eigenvalue weighted by Crippen LogP contribution is -2.21. The fourth-order valence-corrected chi connectivity index (χ4v) is 4.52. The molecule has 0 unspecified atom stereocenters. The van der Waals surface area contributed by atoms with Crippen LogP contribution in [0.3, 0.4) is 0 Å². The fourth-order valence-electron chi connectivity index (χ4n) is 3.79. The number of aromatic nitrogens is 3. The number of para-hydroxylation sites is 1. The monoisotopic (exact) mass is 519 g/mol. The Hall–Kier alpha value is -4.64. The predicted molar refractivity (Wildman–Crippen MR) is 139 cm³/mol. The van der Waals surface area contributed by atoms with Crippen molar-refractivity contribution in [3.05, 3.63) is 93.7 Å². The molecule has 0 aliphatic heterocycles. The lowest BCUT2D eigenvalue weighted by Gasteiger charge is -2.23. The molecule has 0 aliphatic rings. The van der Waals surface area contributed by atoms with Crippen LogP contribution in [0.25, 0.3) is 22.3 Å². The van der Waals surface area contributed by atoms with Gasteiger partial charge >= 0.3 is 5.97 Å². The molecule has 0 bridgehead atoms. The summed E-state index contributed by atoms with van der Waals surface area (Å²) in [6, 6.07) is 16.3. The summed E-state index contributed by atoms with van der Waals surface area (Å²) in [5.41, 5.74) is 2.35. The normalized spacial score (nSPS) is 10.9. The number of rotatable bonds is 6. The Bertz CT molecular complexity index is 1690. The number of hydrogen-bond donors (Lipinski definition) is 2. The Morgan fingerprint density at radius 3 is 2.59 bits per heavy atom. The first-order chi connectivity index (χ1) is 17.8. The van der Waals surface area contributed by atoms with Gasteiger partial charge in [-0.3, -0.25) is 4.79 Å². The Balaban J connectivity index is 1.60. The standard InChI is InChI=1S/C26H19F2N5O3S/c1-33(15-6-4-3-5-7-15)22-12-19-18(30-24(34)23(29-19)25(35)36-2)11-20(22)31-26-32-21(13-37-26)16-9-8-14(27)10-17(16)28/h3-13H,1-2H3,(H,30,34)(H,31,32). The number of ether oxygens (including phenoxy) is 1. The second-order valence-electron chi connectivity index (χ2n) is 7.97. The van der Waals surface area contributed by atoms with Crippen molar-refractivity contribution in [2.24, 2.45) is 0 Å². The van der Waals surface area contributed by atoms with E-state index < -0.39 is 23.2 Å². The van der Waals surface area contributed by atoms with Gasteiger partial charge in [0, 0.05) is 29.7 Å². The number of hydrogen-bond acceptors (Lipinski definition) is 8. The molecule has 0 radical (unpaired) electrons. The zero-order valence-electron chi connectivity index (χ0n) is 19.6. The van der Waals surface area contributed by atoms with Crippen molar-refractivity contribution in [3.8, 4) is 11.3 Å². The summed E-state index contributed by atoms with van der Waals surface area (Å²) >= 11 is 1.24. The van der Waals surface area contributed by atoms with Crippen molar-refractivity contribution >= 4 is 50.5 Å². The maximum atomic E-state index is 14.3. The van der Waals surface area contributed by atoms with E-state index in [1.54, 1.807) is 17.5 Å². The van der Waals surface area contributed by atoms with Crippen molar-refractivity contribution in [2.75, 3.05) is 24.4 Å². The molecule has 0 fully saturated rings. The molecule has 8 nitrogen and oxygen atoms in total. The van der Waals surface area contributed by atoms with Gasteiger partial charge in [-0.05, 0) is 36.4 Å². The maximum absolute atomic E-state index is 14.3. The Labute approximate surface area is 213 Å². The van der Waals surface area contributed by atoms with Gasteiger partial charge in [0.25, 0.3) is 5.56 Å². The average Bonchev–Trinajstić information content (AvgIpc) is 3.35. The molecule has 0 saturated heterocycles. The molecule has 0 atom stereocenters. The van der Waals surface area contributed by atoms with Gasteiger partial charge in [-0.25, -0.2) is 23.5 Å². The van der Waals surface area contributed by atoms with Crippen molar-refractivity contribution in [2.45, 2.75) is 0 Å². The number of carbonyl (C=O) groups excluding carboxylic acids is 1. The summed E-state index contributed by atoms with van der Waals surface area (Å²) in [4.78, 5) is 37.7. The molecule has 37 heavy (non-hydrogen) atoms. The lowest BCUT2D eigenvalue weighted by atomic mass is 10.1. The molecule has 5 aromatic rings. The zero-order valence-corrected chi connectivity index (χ0v) is 20.4. The number of nitrogens with zero attached hydrogens (tertiary/aromatic N) is 3. The highest BCUT2D eigenvalue weighted by Gasteiger charge is 2.19. The van der Waals surface area contributed by atoms with Gasteiger partial charge in [0.15, 0.2) is 5.13 Å². The van der Waals surface area contributed by atoms with Crippen LogP contribution in [-0.2, 0) is 4.74 Å². The highest BCUT2D eigenvalue weighted by Crippen LogP contribution is 2.37. The summed E-state index contributed by atoms with van der Waals surface area (Å²) in [5, 5.41) is 5.34. The second kappa shape index (κ2) is 9.78. The number of esters is 1. The van der Waals surface area contributed by atoms with E-state index in [0.717, 1.165) is 11.8 Å². The molecule has 0 saturated carbocycles. The quantitative estimate of drug-likeness (QED) is 0.281. The molecule has 11 heteroatoms. The predicted octanol–water partition coefficient (Wildman–Crippen LogP) is 5.62. The minimum absolute atomic E-state index is 0.176. The number of H-pyrrole nitrogens is 1. The lowest BCUT2D eigenvalue weighted by molar-refractivity contribution is 0.0592. The SMILES string of the molecule is COC(=O)c1nc2cc(N(C)c3ccccc3)c(Nc3nc(-c4ccc(F)cc4F)cs3)cc2[nH]c1=O. The van der Waals surface area contributed by atoms with Crippen LogP contribution in [0.1, 0.15) is 10.5 Å². The number of aromatic amines is 1. The highest BCUT2D eigenvalue weighted by molar-refractivity contribution is 7.14. The number of methoxy groups -OCH3 is 1. The van der Waals surface area contributed by atoms with Crippen molar-refractivity contribution in [3.63, 3.8) is 0 Å². The van der Waals surface area contributed by atoms with E-state index in [-0.39, 0.29) is 11.3 Å². The number of carbonyl (C=O) groups is 1. The first-order valence-electron chi connectivity index (χ1n) is 11.0. The molecule has 0 amide bonds. The van der Waals surface area contributed by atoms with Gasteiger partial charge in [0.1, 0.15) is 11.6 Å². The Kier molecular flexibility index (Phi) is 6.36. The van der Waals surface area contributed by atoms with Crippen LogP contribution in [-0.4, -0.2) is 35.1 Å². The van der Waals surface area contributed by atoms with Gasteiger partial charge in [-0.1, -0.05) is 18.2 Å². The van der Waals surface area contributed by atoms with Crippen LogP contribution < -0.4 is 15.8 Å². The summed E-state index contributed by atoms with van der Waals surface area (Å²) in [6.45, 7) is 0. The number of benzene rings is 3. The molecule has 186 valence electrons. The number of halogens is 2. The zero-order chi connectivity index (χ0) is 26.1. The highest BCUT2D eigenvalue weighted by atomic mass is 32.1. The van der Waals surface area contributed by atoms with Gasteiger partial charge in [-0.2, -0.15) is 0 Å². The number of nitrogens with one attached hydrogen (secondary N) is 2. The minimum Gasteiger partial charge on any atom is -0.464 e. The molecule has 0 spiro atoms. The smallest absolute Gasteiger partial charge is 0.362 e. The number of anilines is 4.